The van der Waals surface area contributed by atoms with Crippen molar-refractivity contribution in [2.24, 2.45) is 5.73 Å². The number of carbonyl (C=O) groups excluding carboxylic acids is 1. The van der Waals surface area contributed by atoms with Gasteiger partial charge >= 0.3 is 0 Å². The molecule has 0 bridgehead atoms. The molecule has 2 N–H and O–H groups in total. The average molecular weight is 407 g/mol. The van der Waals surface area contributed by atoms with Gasteiger partial charge in [0.15, 0.2) is 0 Å². The Morgan fingerprint density at radius 3 is 2.39 bits per heavy atom. The lowest BCUT2D eigenvalue weighted by atomic mass is 10.1. The first-order chi connectivity index (χ1) is 13.1. The molecule has 0 saturated heterocycles. The van der Waals surface area contributed by atoms with Gasteiger partial charge in [-0.1, -0.05) is 25.0 Å². The van der Waals surface area contributed by atoms with E-state index in [1.807, 2.05) is 31.2 Å². The van der Waals surface area contributed by atoms with E-state index in [2.05, 4.69) is 0 Å². The van der Waals surface area contributed by atoms with E-state index in [1.54, 1.807) is 11.0 Å². The van der Waals surface area contributed by atoms with Crippen LogP contribution < -0.4 is 10.5 Å². The van der Waals surface area contributed by atoms with Gasteiger partial charge in [0, 0.05) is 12.6 Å². The molecule has 152 valence electrons. The monoisotopic (exact) mass is 406 g/mol. The molecule has 1 aliphatic carbocycles. The van der Waals surface area contributed by atoms with E-state index in [9.17, 15) is 9.18 Å². The number of ether oxygens (including phenoxy) is 1. The zero-order valence-electron chi connectivity index (χ0n) is 16.2. The van der Waals surface area contributed by atoms with Gasteiger partial charge < -0.3 is 15.4 Å². The molecule has 3 rings (SSSR count). The van der Waals surface area contributed by atoms with Crippen LogP contribution >= 0.6 is 12.4 Å². The third-order valence-corrected chi connectivity index (χ3v) is 5.13. The Labute approximate surface area is 172 Å². The van der Waals surface area contributed by atoms with Crippen molar-refractivity contribution in [1.82, 2.24) is 4.90 Å². The molecule has 0 atom stereocenters. The van der Waals surface area contributed by atoms with Crippen molar-refractivity contribution in [2.45, 2.75) is 45.1 Å². The molecule has 28 heavy (non-hydrogen) atoms. The quantitative estimate of drug-likeness (QED) is 0.708. The molecule has 4 nitrogen and oxygen atoms in total. The Hall–Kier alpha value is -2.11. The number of nitrogens with two attached hydrogens (primary N) is 1. The van der Waals surface area contributed by atoms with E-state index in [0.29, 0.717) is 24.6 Å². The summed E-state index contributed by atoms with van der Waals surface area (Å²) >= 11 is 0. The zero-order valence-corrected chi connectivity index (χ0v) is 17.0. The number of carbonyl (C=O) groups is 1. The first kappa shape index (κ1) is 22.2. The minimum Gasteiger partial charge on any atom is -0.457 e. The van der Waals surface area contributed by atoms with Crippen molar-refractivity contribution >= 4 is 18.3 Å². The molecule has 0 heterocycles. The van der Waals surface area contributed by atoms with Crippen molar-refractivity contribution in [3.05, 3.63) is 59.4 Å². The second kappa shape index (κ2) is 10.4. The highest BCUT2D eigenvalue weighted by Gasteiger charge is 2.28. The molecule has 1 aliphatic rings. The summed E-state index contributed by atoms with van der Waals surface area (Å²) in [5.74, 6) is 0.324. The number of hydrogen-bond donors (Lipinski definition) is 1. The maximum atomic E-state index is 14.4. The Morgan fingerprint density at radius 1 is 1.14 bits per heavy atom. The highest BCUT2D eigenvalue weighted by atomic mass is 35.5. The third-order valence-electron chi connectivity index (χ3n) is 5.13. The lowest BCUT2D eigenvalue weighted by molar-refractivity contribution is 0.0688. The third kappa shape index (κ3) is 5.24. The van der Waals surface area contributed by atoms with Gasteiger partial charge in [-0.15, -0.1) is 12.4 Å². The molecule has 0 aliphatic heterocycles. The fourth-order valence-electron chi connectivity index (χ4n) is 3.70. The summed E-state index contributed by atoms with van der Waals surface area (Å²) in [7, 11) is 0. The highest BCUT2D eigenvalue weighted by molar-refractivity contribution is 5.95. The van der Waals surface area contributed by atoms with Gasteiger partial charge in [0.1, 0.15) is 17.3 Å². The Bertz CT molecular complexity index is 777. The Kier molecular flexibility index (Phi) is 8.27. The first-order valence-electron chi connectivity index (χ1n) is 9.69. The second-order valence-electron chi connectivity index (χ2n) is 6.96. The Morgan fingerprint density at radius 2 is 1.79 bits per heavy atom. The number of halogens is 2. The normalized spacial score (nSPS) is 13.8. The van der Waals surface area contributed by atoms with E-state index >= 15 is 0 Å². The summed E-state index contributed by atoms with van der Waals surface area (Å²) in [5, 5.41) is 0. The van der Waals surface area contributed by atoms with Crippen LogP contribution in [0, 0.1) is 5.82 Å². The van der Waals surface area contributed by atoms with Gasteiger partial charge in [0.2, 0.25) is 0 Å². The van der Waals surface area contributed by atoms with Crippen LogP contribution in [0.2, 0.25) is 0 Å². The molecule has 0 aromatic heterocycles. The summed E-state index contributed by atoms with van der Waals surface area (Å²) in [4.78, 5) is 14.7. The summed E-state index contributed by atoms with van der Waals surface area (Å²) < 4.78 is 20.2. The molecule has 0 unspecified atom stereocenters. The van der Waals surface area contributed by atoms with Crippen LogP contribution in [0.3, 0.4) is 0 Å². The molecule has 1 fully saturated rings. The second-order valence-corrected chi connectivity index (χ2v) is 6.96. The molecule has 2 aromatic rings. The number of nitrogens with zero attached hydrogens (tertiary/aromatic N) is 1. The summed E-state index contributed by atoms with van der Waals surface area (Å²) in [6, 6.07) is 12.2. The zero-order chi connectivity index (χ0) is 19.2. The maximum absolute atomic E-state index is 14.4. The minimum atomic E-state index is -0.512. The van der Waals surface area contributed by atoms with Gasteiger partial charge in [-0.05, 0) is 68.6 Å². The average Bonchev–Trinajstić information content (AvgIpc) is 3.20. The van der Waals surface area contributed by atoms with Gasteiger partial charge in [-0.3, -0.25) is 4.79 Å². The van der Waals surface area contributed by atoms with Crippen LogP contribution in [0.5, 0.6) is 11.5 Å². The van der Waals surface area contributed by atoms with Gasteiger partial charge in [-0.2, -0.15) is 0 Å². The molecule has 0 spiro atoms. The molecule has 1 saturated carbocycles. The van der Waals surface area contributed by atoms with Crippen LogP contribution in [-0.4, -0.2) is 29.9 Å². The summed E-state index contributed by atoms with van der Waals surface area (Å²) in [5.41, 5.74) is 6.76. The van der Waals surface area contributed by atoms with Crippen molar-refractivity contribution < 1.29 is 13.9 Å². The predicted molar refractivity (Wildman–Crippen MR) is 112 cm³/mol. The maximum Gasteiger partial charge on any atom is 0.257 e. The summed E-state index contributed by atoms with van der Waals surface area (Å²) in [6.07, 6.45) is 5.04. The predicted octanol–water partition coefficient (Wildman–Crippen LogP) is 4.95. The Balaban J connectivity index is 0.00000280. The first-order valence-corrected chi connectivity index (χ1v) is 9.69. The van der Waals surface area contributed by atoms with E-state index in [0.717, 1.165) is 37.7 Å². The molecular weight excluding hydrogens is 379 g/mol. The number of hydrogen-bond acceptors (Lipinski definition) is 3. The number of benzene rings is 2. The van der Waals surface area contributed by atoms with Crippen LogP contribution in [0.4, 0.5) is 4.39 Å². The highest BCUT2D eigenvalue weighted by Crippen LogP contribution is 2.28. The van der Waals surface area contributed by atoms with E-state index < -0.39 is 5.82 Å². The smallest absolute Gasteiger partial charge is 0.257 e. The van der Waals surface area contributed by atoms with E-state index in [4.69, 9.17) is 10.5 Å². The van der Waals surface area contributed by atoms with Crippen LogP contribution in [0.15, 0.2) is 42.5 Å². The van der Waals surface area contributed by atoms with Crippen molar-refractivity contribution in [3.63, 3.8) is 0 Å². The van der Waals surface area contributed by atoms with Crippen molar-refractivity contribution in [2.75, 3.05) is 13.1 Å². The number of rotatable bonds is 7. The SMILES string of the molecule is CCN(C(=O)c1cc(Oc2ccc(CCN)cc2)ccc1F)C1CCCC1.Cl. The standard InChI is InChI=1S/C22H27FN2O2.ClH/c1-2-25(17-5-3-4-6-17)22(26)20-15-19(11-12-21(20)23)27-18-9-7-16(8-10-18)13-14-24;/h7-12,15,17H,2-6,13-14,24H2,1H3;1H. The van der Waals surface area contributed by atoms with Gasteiger partial charge in [0.25, 0.3) is 5.91 Å². The lowest BCUT2D eigenvalue weighted by Gasteiger charge is -2.28. The van der Waals surface area contributed by atoms with Crippen LogP contribution in [0.25, 0.3) is 0 Å². The molecule has 6 heteroatoms. The molecular formula is C22H28ClFN2O2. The lowest BCUT2D eigenvalue weighted by Crippen LogP contribution is -2.39. The molecule has 1 amide bonds. The van der Waals surface area contributed by atoms with Gasteiger partial charge in [-0.25, -0.2) is 4.39 Å². The van der Waals surface area contributed by atoms with Crippen molar-refractivity contribution in [3.8, 4) is 11.5 Å². The molecule has 2 aromatic carbocycles. The van der Waals surface area contributed by atoms with Gasteiger partial charge in [0.05, 0.1) is 5.56 Å². The fraction of sp³-hybridized carbons (Fsp3) is 0.409. The topological polar surface area (TPSA) is 55.6 Å². The van der Waals surface area contributed by atoms with Crippen LogP contribution in [0.1, 0.15) is 48.5 Å². The van der Waals surface area contributed by atoms with E-state index in [1.165, 1.54) is 12.1 Å². The van der Waals surface area contributed by atoms with Crippen molar-refractivity contribution in [1.29, 1.82) is 0 Å². The summed E-state index contributed by atoms with van der Waals surface area (Å²) in [6.45, 7) is 3.12. The number of amides is 1. The molecule has 0 radical (unpaired) electrons. The van der Waals surface area contributed by atoms with Crippen LogP contribution in [-0.2, 0) is 6.42 Å². The fourth-order valence-corrected chi connectivity index (χ4v) is 3.70. The minimum absolute atomic E-state index is 0. The van der Waals surface area contributed by atoms with E-state index in [-0.39, 0.29) is 29.9 Å². The largest absolute Gasteiger partial charge is 0.457 e.